The summed E-state index contributed by atoms with van der Waals surface area (Å²) >= 11 is 0. The largest absolute Gasteiger partial charge is 0.381 e. The van der Waals surface area contributed by atoms with E-state index in [4.69, 9.17) is 20.0 Å². The molecule has 0 aromatic heterocycles. The predicted molar refractivity (Wildman–Crippen MR) is 74.6 cm³/mol. The average molecular weight is 276 g/mol. The van der Waals surface area contributed by atoms with Crippen LogP contribution in [0.25, 0.3) is 0 Å². The highest BCUT2D eigenvalue weighted by molar-refractivity contribution is 5.02. The lowest BCUT2D eigenvalue weighted by molar-refractivity contribution is 0.0346. The molecule has 1 saturated carbocycles. The van der Waals surface area contributed by atoms with E-state index < -0.39 is 0 Å². The van der Waals surface area contributed by atoms with E-state index in [1.807, 2.05) is 0 Å². The number of ether oxygens (including phenoxy) is 2. The quantitative estimate of drug-likeness (QED) is 0.777. The molecule has 0 radical (unpaired) electrons. The van der Waals surface area contributed by atoms with Gasteiger partial charge < -0.3 is 9.47 Å². The van der Waals surface area contributed by atoms with Crippen LogP contribution in [0.3, 0.4) is 0 Å². The first kappa shape index (κ1) is 15.3. The van der Waals surface area contributed by atoms with E-state index in [0.29, 0.717) is 0 Å². The Hall–Kier alpha value is -1.10. The first-order valence-electron chi connectivity index (χ1n) is 7.74. The molecule has 0 bridgehead atoms. The van der Waals surface area contributed by atoms with Crippen LogP contribution in [0.5, 0.6) is 0 Å². The average Bonchev–Trinajstić information content (AvgIpc) is 3.33. The van der Waals surface area contributed by atoms with Crippen LogP contribution in [0.2, 0.25) is 0 Å². The molecule has 2 aliphatic heterocycles. The second kappa shape index (κ2) is 7.62. The van der Waals surface area contributed by atoms with Gasteiger partial charge in [-0.3, -0.25) is 0 Å². The van der Waals surface area contributed by atoms with Gasteiger partial charge in [0.1, 0.15) is 0 Å². The van der Waals surface area contributed by atoms with Crippen LogP contribution in [0, 0.1) is 39.9 Å². The zero-order chi connectivity index (χ0) is 14.3. The second-order valence-corrected chi connectivity index (χ2v) is 6.17. The summed E-state index contributed by atoms with van der Waals surface area (Å²) in [4.78, 5) is 0. The first-order valence-corrected chi connectivity index (χ1v) is 7.74. The van der Waals surface area contributed by atoms with Crippen LogP contribution in [-0.4, -0.2) is 26.4 Å². The topological polar surface area (TPSA) is 66.0 Å². The van der Waals surface area contributed by atoms with E-state index >= 15 is 0 Å². The Bertz CT molecular complexity index is 367. The van der Waals surface area contributed by atoms with Crippen molar-refractivity contribution >= 4 is 0 Å². The summed E-state index contributed by atoms with van der Waals surface area (Å²) in [7, 11) is 0. The molecule has 0 aromatic carbocycles. The molecule has 110 valence electrons. The Morgan fingerprint density at radius 1 is 0.900 bits per heavy atom. The van der Waals surface area contributed by atoms with E-state index in [1.54, 1.807) is 0 Å². The third-order valence-corrected chi connectivity index (χ3v) is 4.47. The molecule has 0 N–H and O–H groups in total. The Morgan fingerprint density at radius 3 is 1.95 bits per heavy atom. The molecular weight excluding hydrogens is 252 g/mol. The molecule has 0 aromatic rings. The first-order chi connectivity index (χ1) is 9.78. The van der Waals surface area contributed by atoms with E-state index in [2.05, 4.69) is 12.1 Å². The highest BCUT2D eigenvalue weighted by Gasteiger charge is 2.38. The molecule has 4 heteroatoms. The normalized spacial score (nSPS) is 25.7. The zero-order valence-corrected chi connectivity index (χ0v) is 12.1. The number of hydrogen-bond acceptors (Lipinski definition) is 4. The maximum atomic E-state index is 9.11. The summed E-state index contributed by atoms with van der Waals surface area (Å²) in [5, 5.41) is 17.5. The molecule has 3 rings (SSSR count). The Labute approximate surface area is 121 Å². The summed E-state index contributed by atoms with van der Waals surface area (Å²) < 4.78 is 10.3. The van der Waals surface area contributed by atoms with Crippen LogP contribution >= 0.6 is 0 Å². The molecule has 2 heterocycles. The smallest absolute Gasteiger partial charge is 0.0691 e. The number of nitrogens with zero attached hydrogens (tertiary/aromatic N) is 2. The van der Waals surface area contributed by atoms with Crippen molar-refractivity contribution < 1.29 is 9.47 Å². The molecule has 4 nitrogen and oxygen atoms in total. The lowest BCUT2D eigenvalue weighted by Gasteiger charge is -2.30. The number of hydrogen-bond donors (Lipinski definition) is 0. The van der Waals surface area contributed by atoms with Gasteiger partial charge in [-0.2, -0.15) is 10.5 Å². The zero-order valence-electron chi connectivity index (χ0n) is 12.1. The third-order valence-electron chi connectivity index (χ3n) is 4.47. The Balaban J connectivity index is 0.000000160. The lowest BCUT2D eigenvalue weighted by Crippen LogP contribution is -2.28. The molecule has 3 aliphatic rings. The molecule has 0 unspecified atom stereocenters. The van der Waals surface area contributed by atoms with Gasteiger partial charge in [0.05, 0.1) is 23.5 Å². The van der Waals surface area contributed by atoms with Crippen LogP contribution in [0.4, 0.5) is 0 Å². The number of rotatable bonds is 2. The van der Waals surface area contributed by atoms with Gasteiger partial charge in [0.15, 0.2) is 0 Å². The summed E-state index contributed by atoms with van der Waals surface area (Å²) in [5.74, 6) is 1.13. The predicted octanol–water partition coefficient (Wildman–Crippen LogP) is 3.04. The van der Waals surface area contributed by atoms with Gasteiger partial charge in [0.25, 0.3) is 0 Å². The monoisotopic (exact) mass is 276 g/mol. The SMILES string of the molecule is N#CC1(CC2CC2)CCOCC1.N#CC1CCOCC1. The van der Waals surface area contributed by atoms with Crippen molar-refractivity contribution in [2.75, 3.05) is 26.4 Å². The van der Waals surface area contributed by atoms with Gasteiger partial charge in [-0.15, -0.1) is 0 Å². The third kappa shape index (κ3) is 4.78. The number of nitriles is 2. The van der Waals surface area contributed by atoms with Crippen molar-refractivity contribution in [3.8, 4) is 12.1 Å². The highest BCUT2D eigenvalue weighted by atomic mass is 16.5. The van der Waals surface area contributed by atoms with Gasteiger partial charge in [-0.25, -0.2) is 0 Å². The van der Waals surface area contributed by atoms with Crippen molar-refractivity contribution in [2.24, 2.45) is 17.3 Å². The van der Waals surface area contributed by atoms with Crippen LogP contribution in [-0.2, 0) is 9.47 Å². The van der Waals surface area contributed by atoms with Crippen molar-refractivity contribution in [3.63, 3.8) is 0 Å². The van der Waals surface area contributed by atoms with Crippen molar-refractivity contribution in [1.82, 2.24) is 0 Å². The summed E-state index contributed by atoms with van der Waals surface area (Å²) in [6.07, 6.45) is 7.61. The molecule has 0 amide bonds. The maximum Gasteiger partial charge on any atom is 0.0691 e. The van der Waals surface area contributed by atoms with Crippen LogP contribution in [0.1, 0.15) is 44.9 Å². The van der Waals surface area contributed by atoms with Crippen molar-refractivity contribution in [1.29, 1.82) is 10.5 Å². The van der Waals surface area contributed by atoms with Crippen LogP contribution < -0.4 is 0 Å². The Kier molecular flexibility index (Phi) is 5.83. The molecular formula is C16H24N2O2. The fraction of sp³-hybridized carbons (Fsp3) is 0.875. The summed E-state index contributed by atoms with van der Waals surface area (Å²) in [6, 6.07) is 4.73. The van der Waals surface area contributed by atoms with E-state index in [9.17, 15) is 0 Å². The van der Waals surface area contributed by atoms with Gasteiger partial charge in [-0.05, 0) is 38.0 Å². The van der Waals surface area contributed by atoms with Gasteiger partial charge in [0.2, 0.25) is 0 Å². The summed E-state index contributed by atoms with van der Waals surface area (Å²) in [6.45, 7) is 3.14. The van der Waals surface area contributed by atoms with E-state index in [-0.39, 0.29) is 11.3 Å². The second-order valence-electron chi connectivity index (χ2n) is 6.17. The lowest BCUT2D eigenvalue weighted by atomic mass is 9.77. The van der Waals surface area contributed by atoms with Gasteiger partial charge in [-0.1, -0.05) is 12.8 Å². The van der Waals surface area contributed by atoms with Gasteiger partial charge >= 0.3 is 0 Å². The Morgan fingerprint density at radius 2 is 1.50 bits per heavy atom. The molecule has 1 aliphatic carbocycles. The molecule has 20 heavy (non-hydrogen) atoms. The van der Waals surface area contributed by atoms with E-state index in [1.165, 1.54) is 12.8 Å². The van der Waals surface area contributed by atoms with Crippen LogP contribution in [0.15, 0.2) is 0 Å². The fourth-order valence-electron chi connectivity index (χ4n) is 2.82. The van der Waals surface area contributed by atoms with E-state index in [0.717, 1.165) is 64.4 Å². The molecule has 3 fully saturated rings. The minimum absolute atomic E-state index is 0.0145. The molecule has 0 spiro atoms. The highest BCUT2D eigenvalue weighted by Crippen LogP contribution is 2.44. The minimum Gasteiger partial charge on any atom is -0.381 e. The maximum absolute atomic E-state index is 9.11. The minimum atomic E-state index is -0.0145. The molecule has 0 atom stereocenters. The standard InChI is InChI=1S/C10H15NO.C6H9NO/c11-8-10(7-9-1-2-9)3-5-12-6-4-10;7-5-6-1-3-8-4-2-6/h9H,1-7H2;6H,1-4H2. The van der Waals surface area contributed by atoms with Gasteiger partial charge in [0, 0.05) is 26.4 Å². The molecule has 2 saturated heterocycles. The summed E-state index contributed by atoms with van der Waals surface area (Å²) in [5.41, 5.74) is -0.0145. The fourth-order valence-corrected chi connectivity index (χ4v) is 2.82. The van der Waals surface area contributed by atoms with Crippen molar-refractivity contribution in [3.05, 3.63) is 0 Å². The van der Waals surface area contributed by atoms with Crippen molar-refractivity contribution in [2.45, 2.75) is 44.9 Å².